The standard InChI is InChI=1S/C9H15F3O2/c1-2-14-8(13)3-4-9(5-10,6-11)7-12/h2-7H2,1H3. The van der Waals surface area contributed by atoms with Crippen LogP contribution in [-0.2, 0) is 9.53 Å². The third kappa shape index (κ3) is 3.98. The first kappa shape index (κ1) is 13.3. The summed E-state index contributed by atoms with van der Waals surface area (Å²) in [7, 11) is 0. The molecule has 14 heavy (non-hydrogen) atoms. The zero-order chi connectivity index (χ0) is 11.0. The van der Waals surface area contributed by atoms with Crippen LogP contribution in [0.25, 0.3) is 0 Å². The van der Waals surface area contributed by atoms with Crippen LogP contribution in [0, 0.1) is 5.41 Å². The summed E-state index contributed by atoms with van der Waals surface area (Å²) in [5.41, 5.74) is -1.65. The molecule has 0 N–H and O–H groups in total. The minimum Gasteiger partial charge on any atom is -0.466 e. The first-order valence-corrected chi connectivity index (χ1v) is 4.47. The molecule has 0 aromatic rings. The molecule has 0 aliphatic heterocycles. The van der Waals surface area contributed by atoms with Crippen molar-refractivity contribution in [2.75, 3.05) is 26.6 Å². The number of carbonyl (C=O) groups excluding carboxylic acids is 1. The summed E-state index contributed by atoms with van der Waals surface area (Å²) in [4.78, 5) is 10.8. The topological polar surface area (TPSA) is 26.3 Å². The van der Waals surface area contributed by atoms with E-state index in [2.05, 4.69) is 4.74 Å². The maximum Gasteiger partial charge on any atom is 0.305 e. The summed E-state index contributed by atoms with van der Waals surface area (Å²) < 4.78 is 41.5. The maximum absolute atomic E-state index is 12.3. The van der Waals surface area contributed by atoms with E-state index in [0.29, 0.717) is 0 Å². The van der Waals surface area contributed by atoms with Crippen molar-refractivity contribution in [1.29, 1.82) is 0 Å². The highest BCUT2D eigenvalue weighted by Crippen LogP contribution is 2.26. The predicted molar refractivity (Wildman–Crippen MR) is 46.2 cm³/mol. The fourth-order valence-corrected chi connectivity index (χ4v) is 0.908. The van der Waals surface area contributed by atoms with Crippen molar-refractivity contribution in [2.24, 2.45) is 5.41 Å². The Morgan fingerprint density at radius 2 is 1.71 bits per heavy atom. The third-order valence-corrected chi connectivity index (χ3v) is 2.02. The van der Waals surface area contributed by atoms with Crippen LogP contribution in [0.4, 0.5) is 13.2 Å². The Morgan fingerprint density at radius 1 is 1.21 bits per heavy atom. The highest BCUT2D eigenvalue weighted by Gasteiger charge is 2.31. The highest BCUT2D eigenvalue weighted by molar-refractivity contribution is 5.69. The van der Waals surface area contributed by atoms with E-state index >= 15 is 0 Å². The number of hydrogen-bond acceptors (Lipinski definition) is 2. The van der Waals surface area contributed by atoms with Gasteiger partial charge in [0.25, 0.3) is 0 Å². The monoisotopic (exact) mass is 212 g/mol. The third-order valence-electron chi connectivity index (χ3n) is 2.02. The Kier molecular flexibility index (Phi) is 6.32. The van der Waals surface area contributed by atoms with E-state index in [1.54, 1.807) is 6.92 Å². The number of rotatable bonds is 7. The normalized spacial score (nSPS) is 11.4. The van der Waals surface area contributed by atoms with E-state index < -0.39 is 31.4 Å². The molecular formula is C9H15F3O2. The zero-order valence-corrected chi connectivity index (χ0v) is 8.19. The molecule has 0 unspecified atom stereocenters. The van der Waals surface area contributed by atoms with Crippen LogP contribution in [0.15, 0.2) is 0 Å². The summed E-state index contributed by atoms with van der Waals surface area (Å²) in [5, 5.41) is 0. The van der Waals surface area contributed by atoms with Gasteiger partial charge in [0, 0.05) is 6.42 Å². The van der Waals surface area contributed by atoms with Crippen molar-refractivity contribution in [3.05, 3.63) is 0 Å². The van der Waals surface area contributed by atoms with Crippen molar-refractivity contribution in [1.82, 2.24) is 0 Å². The smallest absolute Gasteiger partial charge is 0.305 e. The van der Waals surface area contributed by atoms with E-state index in [1.807, 2.05) is 0 Å². The summed E-state index contributed by atoms with van der Waals surface area (Å²) >= 11 is 0. The molecule has 2 nitrogen and oxygen atoms in total. The predicted octanol–water partition coefficient (Wildman–Crippen LogP) is 2.22. The van der Waals surface area contributed by atoms with Gasteiger partial charge in [0.15, 0.2) is 0 Å². The van der Waals surface area contributed by atoms with E-state index in [-0.39, 0.29) is 19.4 Å². The van der Waals surface area contributed by atoms with Crippen molar-refractivity contribution in [3.8, 4) is 0 Å². The minimum absolute atomic E-state index is 0.147. The number of hydrogen-bond donors (Lipinski definition) is 0. The van der Waals surface area contributed by atoms with Gasteiger partial charge < -0.3 is 4.74 Å². The summed E-state index contributed by atoms with van der Waals surface area (Å²) in [6.45, 7) is -1.45. The second kappa shape index (κ2) is 6.68. The van der Waals surface area contributed by atoms with Gasteiger partial charge in [-0.15, -0.1) is 0 Å². The summed E-state index contributed by atoms with van der Waals surface area (Å²) in [6, 6.07) is 0. The van der Waals surface area contributed by atoms with Crippen LogP contribution >= 0.6 is 0 Å². The van der Waals surface area contributed by atoms with Gasteiger partial charge in [-0.05, 0) is 13.3 Å². The van der Waals surface area contributed by atoms with E-state index in [9.17, 15) is 18.0 Å². The largest absolute Gasteiger partial charge is 0.466 e. The van der Waals surface area contributed by atoms with Crippen molar-refractivity contribution in [2.45, 2.75) is 19.8 Å². The van der Waals surface area contributed by atoms with Gasteiger partial charge >= 0.3 is 5.97 Å². The molecule has 0 rings (SSSR count). The van der Waals surface area contributed by atoms with Gasteiger partial charge in [-0.25, -0.2) is 0 Å². The molecule has 0 amide bonds. The number of halogens is 3. The molecule has 0 fully saturated rings. The summed E-state index contributed by atoms with van der Waals surface area (Å²) in [5.74, 6) is -0.549. The molecule has 0 bridgehead atoms. The maximum atomic E-state index is 12.3. The quantitative estimate of drug-likeness (QED) is 0.605. The van der Waals surface area contributed by atoms with Gasteiger partial charge in [0.05, 0.1) is 12.0 Å². The Bertz CT molecular complexity index is 161. The molecule has 0 aromatic carbocycles. The number of carbonyl (C=O) groups is 1. The average Bonchev–Trinajstić information content (AvgIpc) is 2.21. The van der Waals surface area contributed by atoms with Gasteiger partial charge in [-0.1, -0.05) is 0 Å². The summed E-state index contributed by atoms with van der Waals surface area (Å²) in [6.07, 6.45) is -0.305. The SMILES string of the molecule is CCOC(=O)CCC(CF)(CF)CF. The molecule has 0 aliphatic carbocycles. The Labute approximate surface area is 81.4 Å². The molecule has 0 spiro atoms. The molecule has 84 valence electrons. The number of esters is 1. The van der Waals surface area contributed by atoms with Gasteiger partial charge in [0.2, 0.25) is 0 Å². The molecule has 5 heteroatoms. The lowest BCUT2D eigenvalue weighted by Crippen LogP contribution is -2.29. The van der Waals surface area contributed by atoms with Crippen LogP contribution in [-0.4, -0.2) is 32.6 Å². The van der Waals surface area contributed by atoms with E-state index in [4.69, 9.17) is 0 Å². The molecular weight excluding hydrogens is 197 g/mol. The highest BCUT2D eigenvalue weighted by atomic mass is 19.1. The van der Waals surface area contributed by atoms with E-state index in [0.717, 1.165) is 0 Å². The second-order valence-electron chi connectivity index (χ2n) is 3.21. The molecule has 0 saturated carbocycles. The van der Waals surface area contributed by atoms with Crippen LogP contribution in [0.1, 0.15) is 19.8 Å². The van der Waals surface area contributed by atoms with Gasteiger partial charge in [-0.3, -0.25) is 18.0 Å². The molecule has 0 radical (unpaired) electrons. The fourth-order valence-electron chi connectivity index (χ4n) is 0.908. The number of ether oxygens (including phenoxy) is 1. The minimum atomic E-state index is -1.65. The lowest BCUT2D eigenvalue weighted by atomic mass is 9.87. The first-order chi connectivity index (χ1) is 6.64. The Hall–Kier alpha value is -0.740. The van der Waals surface area contributed by atoms with Crippen LogP contribution in [0.2, 0.25) is 0 Å². The molecule has 0 heterocycles. The number of alkyl halides is 3. The van der Waals surface area contributed by atoms with Crippen molar-refractivity contribution in [3.63, 3.8) is 0 Å². The van der Waals surface area contributed by atoms with Gasteiger partial charge in [-0.2, -0.15) is 0 Å². The second-order valence-corrected chi connectivity index (χ2v) is 3.21. The zero-order valence-electron chi connectivity index (χ0n) is 8.19. The van der Waals surface area contributed by atoms with Crippen LogP contribution < -0.4 is 0 Å². The first-order valence-electron chi connectivity index (χ1n) is 4.47. The van der Waals surface area contributed by atoms with Gasteiger partial charge in [0.1, 0.15) is 20.0 Å². The van der Waals surface area contributed by atoms with Crippen molar-refractivity contribution >= 4 is 5.97 Å². The van der Waals surface area contributed by atoms with Crippen LogP contribution in [0.5, 0.6) is 0 Å². The van der Waals surface area contributed by atoms with E-state index in [1.165, 1.54) is 0 Å². The Morgan fingerprint density at radius 3 is 2.07 bits per heavy atom. The lowest BCUT2D eigenvalue weighted by molar-refractivity contribution is -0.144. The molecule has 0 atom stereocenters. The lowest BCUT2D eigenvalue weighted by Gasteiger charge is -2.23. The molecule has 0 aromatic heterocycles. The molecule has 0 saturated heterocycles. The average molecular weight is 212 g/mol. The fraction of sp³-hybridized carbons (Fsp3) is 0.889. The van der Waals surface area contributed by atoms with Crippen LogP contribution in [0.3, 0.4) is 0 Å². The Balaban J connectivity index is 3.99. The molecule has 0 aliphatic rings. The van der Waals surface area contributed by atoms with Crippen molar-refractivity contribution < 1.29 is 22.7 Å².